The van der Waals surface area contributed by atoms with Crippen LogP contribution in [0, 0.1) is 20.8 Å². The average molecular weight is 547 g/mol. The van der Waals surface area contributed by atoms with Gasteiger partial charge >= 0.3 is 0 Å². The average Bonchev–Trinajstić information content (AvgIpc) is 3.33. The largest absolute Gasteiger partial charge is 0.456 e. The van der Waals surface area contributed by atoms with Gasteiger partial charge in [0.05, 0.1) is 17.5 Å². The zero-order valence-corrected chi connectivity index (χ0v) is 24.4. The second kappa shape index (κ2) is 10.3. The van der Waals surface area contributed by atoms with E-state index < -0.39 is 0 Å². The molecule has 0 saturated carbocycles. The van der Waals surface area contributed by atoms with E-state index in [-0.39, 0.29) is 12.0 Å². The third-order valence-corrected chi connectivity index (χ3v) is 8.79. The highest BCUT2D eigenvalue weighted by Crippen LogP contribution is 2.37. The Hall–Kier alpha value is -4.76. The van der Waals surface area contributed by atoms with Gasteiger partial charge in [-0.3, -0.25) is 9.98 Å². The summed E-state index contributed by atoms with van der Waals surface area (Å²) in [5.74, 6) is 0.156. The van der Waals surface area contributed by atoms with E-state index >= 15 is 0 Å². The van der Waals surface area contributed by atoms with Crippen molar-refractivity contribution >= 4 is 33.4 Å². The minimum Gasteiger partial charge on any atom is -0.456 e. The molecule has 42 heavy (non-hydrogen) atoms. The fraction of sp³-hybridized carbons (Fsp3) is 0.179. The Balaban J connectivity index is 1.35. The van der Waals surface area contributed by atoms with Crippen LogP contribution in [-0.4, -0.2) is 24.0 Å². The van der Waals surface area contributed by atoms with Crippen molar-refractivity contribution in [1.29, 1.82) is 0 Å². The summed E-state index contributed by atoms with van der Waals surface area (Å²) in [7, 11) is 0. The van der Waals surface area contributed by atoms with Gasteiger partial charge in [0.25, 0.3) is 0 Å². The number of furan rings is 1. The van der Waals surface area contributed by atoms with Crippen molar-refractivity contribution in [3.8, 4) is 11.1 Å². The van der Waals surface area contributed by atoms with Crippen molar-refractivity contribution in [2.24, 2.45) is 9.98 Å². The van der Waals surface area contributed by atoms with Crippen LogP contribution < -0.4 is 0 Å². The number of hydrogen-bond donors (Lipinski definition) is 0. The molecule has 206 valence electrons. The molecule has 3 heterocycles. The van der Waals surface area contributed by atoms with Crippen molar-refractivity contribution < 1.29 is 4.42 Å². The van der Waals surface area contributed by atoms with Gasteiger partial charge in [-0.15, -0.1) is 0 Å². The molecule has 3 nitrogen and oxygen atoms in total. The van der Waals surface area contributed by atoms with Crippen LogP contribution >= 0.6 is 0 Å². The lowest BCUT2D eigenvalue weighted by Crippen LogP contribution is -2.27. The molecule has 0 spiro atoms. The lowest BCUT2D eigenvalue weighted by atomic mass is 9.83. The molecule has 1 aromatic heterocycles. The van der Waals surface area contributed by atoms with Crippen LogP contribution in [0.4, 0.5) is 0 Å². The van der Waals surface area contributed by atoms with Gasteiger partial charge in [0.2, 0.25) is 0 Å². The van der Waals surface area contributed by atoms with Crippen molar-refractivity contribution in [2.75, 3.05) is 6.54 Å². The number of aryl methyl sites for hydroxylation is 3. The Kier molecular flexibility index (Phi) is 6.39. The Morgan fingerprint density at radius 2 is 1.57 bits per heavy atom. The standard InChI is InChI=1S/C39H34N2O/c1-6-34-31-21-32-30-16-15-27(39-24(4)17-23(3)18-25(39)5)20-37(30)42-38(32)19-26(31)11-10-14-36-33(22-40-34)28-12-8-9-13-29(28)35(7-2)41-36/h6-10,12-21,33,36H,1-2,11,22H2,3-5H3/b14-10+,40-34-. The molecule has 0 aliphatic carbocycles. The van der Waals surface area contributed by atoms with E-state index in [2.05, 4.69) is 113 Å². The molecular formula is C39H34N2O. The predicted molar refractivity (Wildman–Crippen MR) is 178 cm³/mol. The summed E-state index contributed by atoms with van der Waals surface area (Å²) in [6, 6.07) is 24.0. The third kappa shape index (κ3) is 4.28. The van der Waals surface area contributed by atoms with Gasteiger partial charge in [-0.05, 0) is 97.0 Å². The van der Waals surface area contributed by atoms with Crippen molar-refractivity contribution in [3.05, 3.63) is 143 Å². The monoisotopic (exact) mass is 546 g/mol. The van der Waals surface area contributed by atoms with Crippen LogP contribution in [0.25, 0.3) is 33.1 Å². The predicted octanol–water partition coefficient (Wildman–Crippen LogP) is 9.41. The Morgan fingerprint density at radius 3 is 2.36 bits per heavy atom. The maximum absolute atomic E-state index is 6.51. The first-order valence-electron chi connectivity index (χ1n) is 14.7. The van der Waals surface area contributed by atoms with E-state index in [4.69, 9.17) is 14.4 Å². The van der Waals surface area contributed by atoms with Gasteiger partial charge in [-0.1, -0.05) is 73.3 Å². The van der Waals surface area contributed by atoms with E-state index in [1.807, 2.05) is 12.2 Å². The van der Waals surface area contributed by atoms with Gasteiger partial charge in [0.1, 0.15) is 11.2 Å². The molecule has 0 radical (unpaired) electrons. The lowest BCUT2D eigenvalue weighted by molar-refractivity contribution is 0.612. The van der Waals surface area contributed by atoms with Crippen molar-refractivity contribution in [1.82, 2.24) is 0 Å². The lowest BCUT2D eigenvalue weighted by Gasteiger charge is -2.29. The van der Waals surface area contributed by atoms with Crippen LogP contribution in [0.15, 0.2) is 119 Å². The second-order valence-corrected chi connectivity index (χ2v) is 11.6. The van der Waals surface area contributed by atoms with Crippen LogP contribution in [0.2, 0.25) is 0 Å². The molecule has 2 atom stereocenters. The fourth-order valence-electron chi connectivity index (χ4n) is 6.96. The number of aliphatic imine (C=N–C) groups is 2. The van der Waals surface area contributed by atoms with E-state index in [0.717, 1.165) is 50.9 Å². The topological polar surface area (TPSA) is 37.9 Å². The Bertz CT molecular complexity index is 1990. The maximum Gasteiger partial charge on any atom is 0.136 e. The van der Waals surface area contributed by atoms with E-state index in [9.17, 15) is 0 Å². The molecule has 0 fully saturated rings. The molecule has 2 unspecified atom stereocenters. The molecule has 5 aromatic rings. The first-order valence-corrected chi connectivity index (χ1v) is 14.7. The van der Waals surface area contributed by atoms with Gasteiger partial charge in [-0.25, -0.2) is 0 Å². The summed E-state index contributed by atoms with van der Waals surface area (Å²) in [6.07, 6.45) is 8.99. The maximum atomic E-state index is 6.51. The first kappa shape index (κ1) is 26.2. The number of hydrogen-bond acceptors (Lipinski definition) is 3. The summed E-state index contributed by atoms with van der Waals surface area (Å²) in [4.78, 5) is 10.2. The minimum atomic E-state index is 0.00584. The quantitative estimate of drug-likeness (QED) is 0.208. The van der Waals surface area contributed by atoms with Crippen molar-refractivity contribution in [2.45, 2.75) is 39.2 Å². The molecule has 0 N–H and O–H groups in total. The van der Waals surface area contributed by atoms with Crippen LogP contribution in [0.5, 0.6) is 0 Å². The third-order valence-electron chi connectivity index (χ3n) is 8.79. The summed E-state index contributed by atoms with van der Waals surface area (Å²) in [5.41, 5.74) is 14.7. The number of benzene rings is 4. The van der Waals surface area contributed by atoms with E-state index in [0.29, 0.717) is 6.54 Å². The number of nitrogens with zero attached hydrogens (tertiary/aromatic N) is 2. The Labute approximate surface area is 247 Å². The first-order chi connectivity index (χ1) is 20.4. The second-order valence-electron chi connectivity index (χ2n) is 11.6. The van der Waals surface area contributed by atoms with Crippen LogP contribution in [0.1, 0.15) is 44.9 Å². The molecular weight excluding hydrogens is 512 g/mol. The summed E-state index contributed by atoms with van der Waals surface area (Å²) >= 11 is 0. The molecule has 2 aliphatic heterocycles. The molecule has 0 saturated heterocycles. The molecule has 4 aromatic carbocycles. The highest BCUT2D eigenvalue weighted by atomic mass is 16.3. The van der Waals surface area contributed by atoms with Gasteiger partial charge in [-0.2, -0.15) is 0 Å². The zero-order chi connectivity index (χ0) is 29.0. The summed E-state index contributed by atoms with van der Waals surface area (Å²) < 4.78 is 6.51. The van der Waals surface area contributed by atoms with E-state index in [1.165, 1.54) is 38.9 Å². The highest BCUT2D eigenvalue weighted by Gasteiger charge is 2.29. The fourth-order valence-corrected chi connectivity index (χ4v) is 6.96. The van der Waals surface area contributed by atoms with Crippen LogP contribution in [0.3, 0.4) is 0 Å². The molecule has 2 aliphatic rings. The molecule has 0 amide bonds. The Morgan fingerprint density at radius 1 is 0.810 bits per heavy atom. The SMILES string of the molecule is C=CC1=NC2/C=C/Cc3cc4oc5cc(-c6c(C)cc(C)cc6C)ccc5c4cc3/C(C=C)=N\CC2c2ccccc21. The van der Waals surface area contributed by atoms with Crippen LogP contribution in [-0.2, 0) is 6.42 Å². The summed E-state index contributed by atoms with van der Waals surface area (Å²) in [5, 5.41) is 2.21. The van der Waals surface area contributed by atoms with Gasteiger partial charge < -0.3 is 4.42 Å². The number of allylic oxidation sites excluding steroid dienone is 3. The summed E-state index contributed by atoms with van der Waals surface area (Å²) in [6.45, 7) is 15.3. The van der Waals surface area contributed by atoms with Crippen molar-refractivity contribution in [3.63, 3.8) is 0 Å². The smallest absolute Gasteiger partial charge is 0.136 e. The van der Waals surface area contributed by atoms with Gasteiger partial charge in [0.15, 0.2) is 0 Å². The minimum absolute atomic E-state index is 0.00584. The highest BCUT2D eigenvalue weighted by molar-refractivity contribution is 6.15. The zero-order valence-electron chi connectivity index (χ0n) is 24.4. The van der Waals surface area contributed by atoms with Gasteiger partial charge in [0, 0.05) is 34.4 Å². The number of rotatable bonds is 3. The molecule has 7 rings (SSSR count). The molecule has 0 bridgehead atoms. The normalized spacial score (nSPS) is 20.1. The molecule has 3 heteroatoms. The van der Waals surface area contributed by atoms with E-state index in [1.54, 1.807) is 0 Å². The number of fused-ring (bicyclic) bond motifs is 7.